The molecular formula is C28H52N7O11PS. The molecule has 0 aliphatic carbocycles. The lowest BCUT2D eigenvalue weighted by molar-refractivity contribution is -0.131. The monoisotopic (exact) mass is 725 g/mol. The zero-order chi connectivity index (χ0) is 35.6. The Kier molecular flexibility index (Phi) is 24.1. The average Bonchev–Trinajstić information content (AvgIpc) is 3.05. The van der Waals surface area contributed by atoms with Gasteiger partial charge >= 0.3 is 6.57 Å². The summed E-state index contributed by atoms with van der Waals surface area (Å²) in [4.78, 5) is 54.5. The number of nitrogens with zero attached hydrogens (tertiary/aromatic N) is 1. The van der Waals surface area contributed by atoms with Crippen LogP contribution in [0, 0.1) is 0 Å². The van der Waals surface area contributed by atoms with Gasteiger partial charge in [0, 0.05) is 19.6 Å². The maximum absolute atomic E-state index is 13.6. The molecule has 0 fully saturated rings. The molecule has 9 N–H and O–H groups in total. The highest BCUT2D eigenvalue weighted by Crippen LogP contribution is 2.55. The zero-order valence-corrected chi connectivity index (χ0v) is 29.4. The summed E-state index contributed by atoms with van der Waals surface area (Å²) >= 11 is 4.18. The minimum absolute atomic E-state index is 0.113. The van der Waals surface area contributed by atoms with Gasteiger partial charge in [-0.3, -0.25) is 23.8 Å². The lowest BCUT2D eigenvalue weighted by atomic mass is 10.0. The molecule has 1 aromatic rings. The molecule has 0 aromatic heterocycles. The van der Waals surface area contributed by atoms with Crippen molar-refractivity contribution >= 4 is 36.5 Å². The predicted octanol–water partition coefficient (Wildman–Crippen LogP) is -1.12. The number of hydrogen-bond donors (Lipinski definition) is 7. The minimum Gasteiger partial charge on any atom is -0.436 e. The van der Waals surface area contributed by atoms with E-state index in [1.54, 1.807) is 38.1 Å². The summed E-state index contributed by atoms with van der Waals surface area (Å²) in [6.45, 7) is 2.15. The Morgan fingerprint density at radius 1 is 0.729 bits per heavy atom. The van der Waals surface area contributed by atoms with Gasteiger partial charge in [0.2, 0.25) is 17.7 Å². The summed E-state index contributed by atoms with van der Waals surface area (Å²) in [5.41, 5.74) is 0.388. The Morgan fingerprint density at radius 3 is 1.58 bits per heavy atom. The van der Waals surface area contributed by atoms with Crippen LogP contribution in [0.2, 0.25) is 0 Å². The summed E-state index contributed by atoms with van der Waals surface area (Å²) in [7, 11) is 0. The third-order valence-electron chi connectivity index (χ3n) is 6.40. The molecule has 276 valence electrons. The molecule has 0 radical (unpaired) electrons. The number of hydrogen-bond acceptors (Lipinski definition) is 15. The summed E-state index contributed by atoms with van der Waals surface area (Å²) in [5.74, 6) is 14.0. The van der Waals surface area contributed by atoms with Crippen molar-refractivity contribution in [2.24, 2.45) is 17.7 Å². The first-order chi connectivity index (χ1) is 23.0. The minimum atomic E-state index is -3.19. The zero-order valence-electron chi connectivity index (χ0n) is 27.6. The van der Waals surface area contributed by atoms with Crippen molar-refractivity contribution in [1.29, 1.82) is 0 Å². The van der Waals surface area contributed by atoms with Crippen LogP contribution < -0.4 is 38.2 Å². The molecule has 0 bridgehead atoms. The summed E-state index contributed by atoms with van der Waals surface area (Å²) in [6, 6.07) is 5.70. The van der Waals surface area contributed by atoms with Gasteiger partial charge in [0.25, 0.3) is 0 Å². The van der Waals surface area contributed by atoms with Crippen LogP contribution in [0.1, 0.15) is 19.4 Å². The van der Waals surface area contributed by atoms with Gasteiger partial charge in [-0.2, -0.15) is 0 Å². The first-order valence-electron chi connectivity index (χ1n) is 15.4. The first kappa shape index (κ1) is 43.6. The normalized spacial score (nSPS) is 13.2. The molecule has 48 heavy (non-hydrogen) atoms. The van der Waals surface area contributed by atoms with Crippen molar-refractivity contribution in [2.75, 3.05) is 92.2 Å². The van der Waals surface area contributed by atoms with E-state index in [1.807, 2.05) is 0 Å². The van der Waals surface area contributed by atoms with Crippen LogP contribution in [0.25, 0.3) is 0 Å². The van der Waals surface area contributed by atoms with E-state index in [-0.39, 0.29) is 104 Å². The van der Waals surface area contributed by atoms with Crippen molar-refractivity contribution in [3.8, 4) is 5.75 Å². The molecule has 0 saturated heterocycles. The van der Waals surface area contributed by atoms with Crippen molar-refractivity contribution < 1.29 is 52.2 Å². The van der Waals surface area contributed by atoms with Gasteiger partial charge in [0.1, 0.15) is 5.75 Å². The number of rotatable bonds is 29. The highest BCUT2D eigenvalue weighted by molar-refractivity contribution is 8.46. The number of carbonyl (C=O) groups excluding carboxylic acids is 3. The number of amides is 3. The molecule has 3 amide bonds. The van der Waals surface area contributed by atoms with E-state index in [0.717, 1.165) is 0 Å². The second kappa shape index (κ2) is 26.5. The summed E-state index contributed by atoms with van der Waals surface area (Å²) < 4.78 is 34.3. The topological polar surface area (TPSA) is 250 Å². The van der Waals surface area contributed by atoms with Crippen LogP contribution in [0.3, 0.4) is 0 Å². The Labute approximate surface area is 286 Å². The third kappa shape index (κ3) is 20.2. The number of nitrogens with two attached hydrogens (primary N) is 3. The molecule has 20 heteroatoms. The van der Waals surface area contributed by atoms with Gasteiger partial charge < -0.3 is 49.2 Å². The maximum Gasteiger partial charge on any atom is 0.302 e. The van der Waals surface area contributed by atoms with Crippen molar-refractivity contribution in [3.63, 3.8) is 0 Å². The average molecular weight is 726 g/mol. The quantitative estimate of drug-likeness (QED) is 0.0224. The standard InChI is InChI=1S/C28H52N7O11PS/c1-22(2)47(39,48)46-24-5-3-23(4-6-24)19-25(28(38)34-9-12-42-15-18-45-31)35(20-26(36)32-7-10-40-13-16-43-29)21-27(37)33-8-11-41-14-17-44-30/h3-6,22,25H,7-21,29-31H2,1-2H3,(H,32,36)(H,33,37)(H,34,38)(H,39,48). The molecule has 0 spiro atoms. The van der Waals surface area contributed by atoms with Crippen LogP contribution in [0.5, 0.6) is 5.75 Å². The van der Waals surface area contributed by atoms with E-state index in [4.69, 9.17) is 36.4 Å². The molecule has 1 aromatic carbocycles. The second-order valence-corrected chi connectivity index (χ2v) is 14.5. The second-order valence-electron chi connectivity index (χ2n) is 10.5. The Balaban J connectivity index is 3.14. The van der Waals surface area contributed by atoms with Crippen LogP contribution >= 0.6 is 18.8 Å². The molecule has 0 aliphatic heterocycles. The van der Waals surface area contributed by atoms with E-state index < -0.39 is 30.3 Å². The van der Waals surface area contributed by atoms with Crippen LogP contribution in [0.4, 0.5) is 0 Å². The number of thiol groups is 1. The fourth-order valence-corrected chi connectivity index (χ4v) is 4.74. The van der Waals surface area contributed by atoms with Crippen LogP contribution in [0.15, 0.2) is 24.3 Å². The fourth-order valence-electron chi connectivity index (χ4n) is 3.83. The fraction of sp³-hybridized carbons (Fsp3) is 0.679. The van der Waals surface area contributed by atoms with Crippen molar-refractivity contribution in [3.05, 3.63) is 29.8 Å². The smallest absolute Gasteiger partial charge is 0.302 e. The third-order valence-corrected chi connectivity index (χ3v) is 9.81. The molecule has 18 nitrogen and oxygen atoms in total. The van der Waals surface area contributed by atoms with Gasteiger partial charge in [0.15, 0.2) is 0 Å². The number of nitrogens with one attached hydrogen (secondary N) is 3. The van der Waals surface area contributed by atoms with Crippen molar-refractivity contribution in [2.45, 2.75) is 32.0 Å². The van der Waals surface area contributed by atoms with E-state index in [2.05, 4.69) is 42.7 Å². The molecular weight excluding hydrogens is 673 g/mol. The van der Waals surface area contributed by atoms with Crippen LogP contribution in [-0.2, 0) is 54.1 Å². The molecule has 2 unspecified atom stereocenters. The lowest BCUT2D eigenvalue weighted by Crippen LogP contribution is -2.54. The maximum atomic E-state index is 13.6. The molecule has 2 atom stereocenters. The van der Waals surface area contributed by atoms with E-state index in [0.29, 0.717) is 11.3 Å². The SMILES string of the molecule is CC(C)P(=O)(S)Oc1ccc(CC(C(=O)NCCOCCON)N(CC(=O)NCCOCCON)CC(=O)NCCOCCON)cc1. The Morgan fingerprint density at radius 2 is 1.17 bits per heavy atom. The van der Waals surface area contributed by atoms with Gasteiger partial charge in [-0.05, 0) is 24.1 Å². The Bertz CT molecular complexity index is 1060. The molecule has 0 aliphatic rings. The van der Waals surface area contributed by atoms with Gasteiger partial charge in [-0.1, -0.05) is 38.2 Å². The Hall–Kier alpha value is -2.39. The van der Waals surface area contributed by atoms with Crippen molar-refractivity contribution in [1.82, 2.24) is 20.9 Å². The summed E-state index contributed by atoms with van der Waals surface area (Å²) in [6.07, 6.45) is 0.113. The van der Waals surface area contributed by atoms with Crippen LogP contribution in [-0.4, -0.2) is 127 Å². The molecule has 0 heterocycles. The predicted molar refractivity (Wildman–Crippen MR) is 180 cm³/mol. The van der Waals surface area contributed by atoms with Gasteiger partial charge in [-0.25, -0.2) is 17.7 Å². The number of benzene rings is 1. The van der Waals surface area contributed by atoms with E-state index in [1.165, 1.54) is 4.90 Å². The summed E-state index contributed by atoms with van der Waals surface area (Å²) in [5, 5.41) is 8.26. The van der Waals surface area contributed by atoms with E-state index >= 15 is 0 Å². The van der Waals surface area contributed by atoms with Gasteiger partial charge in [-0.15, -0.1) is 0 Å². The number of carbonyl (C=O) groups is 3. The molecule has 0 saturated carbocycles. The lowest BCUT2D eigenvalue weighted by Gasteiger charge is -2.30. The first-order valence-corrected chi connectivity index (χ1v) is 18.2. The number of ether oxygens (including phenoxy) is 3. The van der Waals surface area contributed by atoms with E-state index in [9.17, 15) is 18.9 Å². The van der Waals surface area contributed by atoms with Gasteiger partial charge in [0.05, 0.1) is 84.3 Å². The highest BCUT2D eigenvalue weighted by Gasteiger charge is 2.30. The molecule has 1 rings (SSSR count). The largest absolute Gasteiger partial charge is 0.436 e. The highest BCUT2D eigenvalue weighted by atomic mass is 32.7.